The minimum atomic E-state index is -0.531. The Morgan fingerprint density at radius 2 is 1.77 bits per heavy atom. The second-order valence-electron chi connectivity index (χ2n) is 4.93. The Morgan fingerprint density at radius 1 is 1.05 bits per heavy atom. The Labute approximate surface area is 127 Å². The predicted molar refractivity (Wildman–Crippen MR) is 84.0 cm³/mol. The Bertz CT molecular complexity index is 908. The molecule has 4 heteroatoms. The summed E-state index contributed by atoms with van der Waals surface area (Å²) < 4.78 is 10.7. The number of hydrogen-bond donors (Lipinski definition) is 0. The molecule has 0 aliphatic heterocycles. The maximum Gasteiger partial charge on any atom is 0.341 e. The van der Waals surface area contributed by atoms with E-state index in [1.807, 2.05) is 30.3 Å². The summed E-state index contributed by atoms with van der Waals surface area (Å²) in [5.74, 6) is -0.0638. The molecular weight excluding hydrogens is 280 g/mol. The van der Waals surface area contributed by atoms with Crippen LogP contribution in [-0.4, -0.2) is 13.1 Å². The van der Waals surface area contributed by atoms with Gasteiger partial charge in [0.1, 0.15) is 11.3 Å². The number of methoxy groups -OCH3 is 1. The Morgan fingerprint density at radius 3 is 2.45 bits per heavy atom. The van der Waals surface area contributed by atoms with Crippen molar-refractivity contribution in [2.24, 2.45) is 0 Å². The van der Waals surface area contributed by atoms with Gasteiger partial charge in [-0.15, -0.1) is 0 Å². The molecule has 0 aliphatic rings. The van der Waals surface area contributed by atoms with E-state index < -0.39 is 5.97 Å². The van der Waals surface area contributed by atoms with Crippen LogP contribution in [0.4, 0.5) is 0 Å². The zero-order valence-electron chi connectivity index (χ0n) is 12.3. The molecule has 0 fully saturated rings. The monoisotopic (exact) mass is 294 g/mol. The number of hydrogen-bond acceptors (Lipinski definition) is 4. The molecule has 4 nitrogen and oxygen atoms in total. The van der Waals surface area contributed by atoms with Gasteiger partial charge in [-0.05, 0) is 19.1 Å². The lowest BCUT2D eigenvalue weighted by Crippen LogP contribution is -2.10. The van der Waals surface area contributed by atoms with E-state index >= 15 is 0 Å². The summed E-state index contributed by atoms with van der Waals surface area (Å²) in [4.78, 5) is 24.5. The summed E-state index contributed by atoms with van der Waals surface area (Å²) in [5.41, 5.74) is 1.66. The lowest BCUT2D eigenvalue weighted by molar-refractivity contribution is 0.0601. The van der Waals surface area contributed by atoms with Gasteiger partial charge in [0.2, 0.25) is 0 Å². The third kappa shape index (κ3) is 2.19. The number of esters is 1. The van der Waals surface area contributed by atoms with Crippen LogP contribution < -0.4 is 5.43 Å². The number of carbonyl (C=O) groups excluding carboxylic acids is 1. The van der Waals surface area contributed by atoms with Crippen molar-refractivity contribution in [2.75, 3.05) is 7.11 Å². The quantitative estimate of drug-likeness (QED) is 0.678. The van der Waals surface area contributed by atoms with Crippen molar-refractivity contribution < 1.29 is 13.9 Å². The summed E-state index contributed by atoms with van der Waals surface area (Å²) in [7, 11) is 1.30. The highest BCUT2D eigenvalue weighted by Crippen LogP contribution is 2.27. The molecule has 0 bridgehead atoms. The molecule has 22 heavy (non-hydrogen) atoms. The second kappa shape index (κ2) is 5.48. The van der Waals surface area contributed by atoms with Crippen LogP contribution in [0.1, 0.15) is 15.9 Å². The molecule has 0 radical (unpaired) electrons. The first-order chi connectivity index (χ1) is 10.6. The Balaban J connectivity index is 2.39. The number of para-hydroxylation sites is 1. The standard InChI is InChI=1S/C18H14O4/c1-11-15(19)13-9-6-10-14(18(20)21-2)17(13)22-16(11)12-7-4-3-5-8-12/h3-10H,1-2H3. The molecular formula is C18H14O4. The molecule has 2 aromatic carbocycles. The van der Waals surface area contributed by atoms with E-state index in [-0.39, 0.29) is 16.6 Å². The predicted octanol–water partition coefficient (Wildman–Crippen LogP) is 3.56. The zero-order valence-corrected chi connectivity index (χ0v) is 12.3. The number of benzene rings is 2. The summed E-state index contributed by atoms with van der Waals surface area (Å²) in [6, 6.07) is 14.2. The van der Waals surface area contributed by atoms with Gasteiger partial charge in [-0.25, -0.2) is 4.79 Å². The van der Waals surface area contributed by atoms with Gasteiger partial charge >= 0.3 is 5.97 Å². The largest absolute Gasteiger partial charge is 0.465 e. The minimum Gasteiger partial charge on any atom is -0.465 e. The van der Waals surface area contributed by atoms with Crippen molar-refractivity contribution in [1.82, 2.24) is 0 Å². The van der Waals surface area contributed by atoms with Crippen molar-refractivity contribution in [1.29, 1.82) is 0 Å². The average molecular weight is 294 g/mol. The maximum absolute atomic E-state index is 12.6. The first-order valence-corrected chi connectivity index (χ1v) is 6.83. The van der Waals surface area contributed by atoms with Gasteiger partial charge in [0.25, 0.3) is 0 Å². The van der Waals surface area contributed by atoms with Gasteiger partial charge in [-0.1, -0.05) is 36.4 Å². The molecule has 0 aliphatic carbocycles. The summed E-state index contributed by atoms with van der Waals surface area (Å²) in [6.45, 7) is 1.72. The van der Waals surface area contributed by atoms with Crippen molar-refractivity contribution in [3.05, 3.63) is 69.9 Å². The van der Waals surface area contributed by atoms with E-state index in [0.29, 0.717) is 16.7 Å². The number of fused-ring (bicyclic) bond motifs is 1. The molecule has 0 amide bonds. The van der Waals surface area contributed by atoms with Crippen LogP contribution in [0, 0.1) is 6.92 Å². The topological polar surface area (TPSA) is 56.5 Å². The summed E-state index contributed by atoms with van der Waals surface area (Å²) in [5, 5.41) is 0.375. The second-order valence-corrected chi connectivity index (χ2v) is 4.93. The highest BCUT2D eigenvalue weighted by Gasteiger charge is 2.18. The fourth-order valence-electron chi connectivity index (χ4n) is 2.45. The van der Waals surface area contributed by atoms with Gasteiger partial charge in [0.05, 0.1) is 12.5 Å². The molecule has 1 heterocycles. The van der Waals surface area contributed by atoms with E-state index in [0.717, 1.165) is 5.56 Å². The number of rotatable bonds is 2. The summed E-state index contributed by atoms with van der Waals surface area (Å²) in [6.07, 6.45) is 0. The normalized spacial score (nSPS) is 10.6. The smallest absolute Gasteiger partial charge is 0.341 e. The SMILES string of the molecule is COC(=O)c1cccc2c(=O)c(C)c(-c3ccccc3)oc12. The molecule has 1 aromatic heterocycles. The molecule has 0 saturated heterocycles. The lowest BCUT2D eigenvalue weighted by Gasteiger charge is -2.09. The molecule has 0 spiro atoms. The van der Waals surface area contributed by atoms with Gasteiger partial charge in [-0.3, -0.25) is 4.79 Å². The third-order valence-corrected chi connectivity index (χ3v) is 3.59. The molecule has 110 valence electrons. The zero-order chi connectivity index (χ0) is 15.7. The van der Waals surface area contributed by atoms with Crippen LogP contribution in [0.2, 0.25) is 0 Å². The first-order valence-electron chi connectivity index (χ1n) is 6.83. The Kier molecular flexibility index (Phi) is 3.51. The van der Waals surface area contributed by atoms with E-state index in [2.05, 4.69) is 0 Å². The maximum atomic E-state index is 12.6. The minimum absolute atomic E-state index is 0.147. The number of carbonyl (C=O) groups is 1. The first kappa shape index (κ1) is 14.1. The van der Waals surface area contributed by atoms with E-state index in [1.54, 1.807) is 25.1 Å². The van der Waals surface area contributed by atoms with Gasteiger partial charge in [0, 0.05) is 11.1 Å². The molecule has 3 rings (SSSR count). The lowest BCUT2D eigenvalue weighted by atomic mass is 10.0. The van der Waals surface area contributed by atoms with Crippen LogP contribution >= 0.6 is 0 Å². The summed E-state index contributed by atoms with van der Waals surface area (Å²) >= 11 is 0. The highest BCUT2D eigenvalue weighted by atomic mass is 16.5. The van der Waals surface area contributed by atoms with Crippen LogP contribution in [0.3, 0.4) is 0 Å². The molecule has 0 saturated carbocycles. The van der Waals surface area contributed by atoms with Crippen LogP contribution in [-0.2, 0) is 4.74 Å². The fraction of sp³-hybridized carbons (Fsp3) is 0.111. The Hall–Kier alpha value is -2.88. The van der Waals surface area contributed by atoms with Crippen LogP contribution in [0.25, 0.3) is 22.3 Å². The van der Waals surface area contributed by atoms with Crippen molar-refractivity contribution in [3.63, 3.8) is 0 Å². The number of ether oxygens (including phenoxy) is 1. The van der Waals surface area contributed by atoms with E-state index in [4.69, 9.17) is 9.15 Å². The van der Waals surface area contributed by atoms with Gasteiger partial charge in [0.15, 0.2) is 11.0 Å². The highest BCUT2D eigenvalue weighted by molar-refractivity contribution is 6.02. The van der Waals surface area contributed by atoms with Crippen LogP contribution in [0.5, 0.6) is 0 Å². The van der Waals surface area contributed by atoms with E-state index in [9.17, 15) is 9.59 Å². The molecule has 0 atom stereocenters. The third-order valence-electron chi connectivity index (χ3n) is 3.59. The van der Waals surface area contributed by atoms with E-state index in [1.165, 1.54) is 7.11 Å². The van der Waals surface area contributed by atoms with Crippen molar-refractivity contribution in [2.45, 2.75) is 6.92 Å². The molecule has 0 unspecified atom stereocenters. The van der Waals surface area contributed by atoms with Crippen molar-refractivity contribution >= 4 is 16.9 Å². The van der Waals surface area contributed by atoms with Gasteiger partial charge in [-0.2, -0.15) is 0 Å². The van der Waals surface area contributed by atoms with Gasteiger partial charge < -0.3 is 9.15 Å². The molecule has 0 N–H and O–H groups in total. The fourth-order valence-corrected chi connectivity index (χ4v) is 2.45. The average Bonchev–Trinajstić information content (AvgIpc) is 2.57. The van der Waals surface area contributed by atoms with Crippen LogP contribution in [0.15, 0.2) is 57.7 Å². The van der Waals surface area contributed by atoms with Crippen molar-refractivity contribution in [3.8, 4) is 11.3 Å². The molecule has 3 aromatic rings.